The zero-order chi connectivity index (χ0) is 12.3. The van der Waals surface area contributed by atoms with Gasteiger partial charge in [-0.1, -0.05) is 0 Å². The third-order valence-corrected chi connectivity index (χ3v) is 1.73. The second-order valence-electron chi connectivity index (χ2n) is 2.66. The van der Waals surface area contributed by atoms with Gasteiger partial charge in [-0.05, 0) is 18.2 Å². The third kappa shape index (κ3) is 2.71. The van der Waals surface area contributed by atoms with E-state index < -0.39 is 23.1 Å². The second kappa shape index (κ2) is 4.63. The maximum Gasteiger partial charge on any atom is 0.409 e. The number of carbonyl (C=O) groups is 3. The lowest BCUT2D eigenvalue weighted by atomic mass is 10.1. The number of carboxylic acid groups (broad SMARTS) is 2. The fourth-order valence-corrected chi connectivity index (χ4v) is 1.09. The summed E-state index contributed by atoms with van der Waals surface area (Å²) in [5.74, 6) is -3.04. The number of hydrogen-bond acceptors (Lipinski definition) is 4. The molecule has 7 heteroatoms. The van der Waals surface area contributed by atoms with Crippen LogP contribution in [-0.4, -0.2) is 27.6 Å². The Kier molecular flexibility index (Phi) is 3.47. The predicted molar refractivity (Wildman–Crippen MR) is 52.2 cm³/mol. The summed E-state index contributed by atoms with van der Waals surface area (Å²) >= 11 is 4.92. The van der Waals surface area contributed by atoms with Crippen LogP contribution in [0.1, 0.15) is 20.7 Å². The van der Waals surface area contributed by atoms with Crippen LogP contribution in [0.3, 0.4) is 0 Å². The van der Waals surface area contributed by atoms with E-state index in [0.717, 1.165) is 18.2 Å². The summed E-state index contributed by atoms with van der Waals surface area (Å²) in [6.07, 6.45) is 0. The first-order chi connectivity index (χ1) is 7.41. The first kappa shape index (κ1) is 12.0. The van der Waals surface area contributed by atoms with Gasteiger partial charge in [-0.2, -0.15) is 0 Å². The predicted octanol–water partition coefficient (Wildman–Crippen LogP) is 1.82. The SMILES string of the molecule is O=C(Cl)Oc1cc(C(=O)O)ccc1C(=O)O. The summed E-state index contributed by atoms with van der Waals surface area (Å²) in [6.45, 7) is 0. The highest BCUT2D eigenvalue weighted by atomic mass is 35.5. The van der Waals surface area contributed by atoms with Gasteiger partial charge in [-0.3, -0.25) is 0 Å². The van der Waals surface area contributed by atoms with Crippen LogP contribution < -0.4 is 4.74 Å². The normalized spacial score (nSPS) is 9.56. The molecule has 2 N–H and O–H groups in total. The quantitative estimate of drug-likeness (QED) is 0.787. The van der Waals surface area contributed by atoms with Gasteiger partial charge in [-0.15, -0.1) is 0 Å². The summed E-state index contributed by atoms with van der Waals surface area (Å²) in [6, 6.07) is 3.00. The molecular formula is C9H5ClO6. The molecule has 0 fully saturated rings. The van der Waals surface area contributed by atoms with Crippen molar-refractivity contribution in [3.05, 3.63) is 29.3 Å². The van der Waals surface area contributed by atoms with Crippen molar-refractivity contribution in [2.24, 2.45) is 0 Å². The van der Waals surface area contributed by atoms with E-state index in [1.54, 1.807) is 0 Å². The van der Waals surface area contributed by atoms with Crippen molar-refractivity contribution < 1.29 is 29.3 Å². The molecule has 0 aliphatic heterocycles. The molecule has 0 saturated heterocycles. The van der Waals surface area contributed by atoms with Crippen molar-refractivity contribution >= 4 is 29.0 Å². The molecule has 6 nitrogen and oxygen atoms in total. The molecule has 0 bridgehead atoms. The monoisotopic (exact) mass is 244 g/mol. The molecule has 1 aromatic rings. The first-order valence-electron chi connectivity index (χ1n) is 3.89. The van der Waals surface area contributed by atoms with E-state index in [0.29, 0.717) is 0 Å². The van der Waals surface area contributed by atoms with Crippen LogP contribution in [0.5, 0.6) is 5.75 Å². The Labute approximate surface area is 94.0 Å². The lowest BCUT2D eigenvalue weighted by Gasteiger charge is -2.05. The Morgan fingerprint density at radius 1 is 1.12 bits per heavy atom. The molecule has 0 spiro atoms. The van der Waals surface area contributed by atoms with Gasteiger partial charge in [-0.25, -0.2) is 14.4 Å². The van der Waals surface area contributed by atoms with Crippen LogP contribution in [0.25, 0.3) is 0 Å². The fourth-order valence-electron chi connectivity index (χ4n) is 1.00. The van der Waals surface area contributed by atoms with Crippen molar-refractivity contribution in [2.75, 3.05) is 0 Å². The minimum atomic E-state index is -1.36. The standard InChI is InChI=1S/C9H5ClO6/c10-9(15)16-6-3-4(7(11)12)1-2-5(6)8(13)14/h1-3H,(H,11,12)(H,13,14). The van der Waals surface area contributed by atoms with E-state index in [1.807, 2.05) is 0 Å². The molecular weight excluding hydrogens is 240 g/mol. The maximum atomic E-state index is 10.7. The molecule has 0 aliphatic carbocycles. The van der Waals surface area contributed by atoms with Crippen molar-refractivity contribution in [2.45, 2.75) is 0 Å². The molecule has 0 heterocycles. The highest BCUT2D eigenvalue weighted by Crippen LogP contribution is 2.21. The van der Waals surface area contributed by atoms with Crippen LogP contribution >= 0.6 is 11.6 Å². The van der Waals surface area contributed by atoms with Crippen LogP contribution in [0, 0.1) is 0 Å². The lowest BCUT2D eigenvalue weighted by molar-refractivity contribution is 0.0678. The Morgan fingerprint density at radius 3 is 2.19 bits per heavy atom. The first-order valence-corrected chi connectivity index (χ1v) is 4.27. The number of aromatic carboxylic acids is 2. The molecule has 0 aromatic heterocycles. The summed E-state index contributed by atoms with van der Waals surface area (Å²) in [7, 11) is 0. The van der Waals surface area contributed by atoms with E-state index >= 15 is 0 Å². The zero-order valence-corrected chi connectivity index (χ0v) is 8.39. The van der Waals surface area contributed by atoms with Crippen molar-refractivity contribution in [1.29, 1.82) is 0 Å². The van der Waals surface area contributed by atoms with Crippen LogP contribution in [-0.2, 0) is 0 Å². The largest absolute Gasteiger partial charge is 0.478 e. The molecule has 1 aromatic carbocycles. The molecule has 16 heavy (non-hydrogen) atoms. The number of carboxylic acids is 2. The summed E-state index contributed by atoms with van der Waals surface area (Å²) in [5, 5.41) is 17.4. The fraction of sp³-hybridized carbons (Fsp3) is 0. The van der Waals surface area contributed by atoms with Gasteiger partial charge in [0, 0.05) is 11.6 Å². The minimum absolute atomic E-state index is 0.210. The highest BCUT2D eigenvalue weighted by Gasteiger charge is 2.16. The maximum absolute atomic E-state index is 10.7. The molecule has 0 amide bonds. The Morgan fingerprint density at radius 2 is 1.75 bits per heavy atom. The molecule has 1 rings (SSSR count). The molecule has 0 radical (unpaired) electrons. The van der Waals surface area contributed by atoms with E-state index in [9.17, 15) is 14.4 Å². The topological polar surface area (TPSA) is 101 Å². The number of rotatable bonds is 3. The average Bonchev–Trinajstić information content (AvgIpc) is 2.15. The lowest BCUT2D eigenvalue weighted by Crippen LogP contribution is -2.07. The van der Waals surface area contributed by atoms with Crippen molar-refractivity contribution in [3.8, 4) is 5.75 Å². The number of ether oxygens (including phenoxy) is 1. The van der Waals surface area contributed by atoms with Crippen LogP contribution in [0.2, 0.25) is 0 Å². The summed E-state index contributed by atoms with van der Waals surface area (Å²) < 4.78 is 4.38. The van der Waals surface area contributed by atoms with E-state index in [1.165, 1.54) is 0 Å². The number of benzene rings is 1. The summed E-state index contributed by atoms with van der Waals surface area (Å²) in [4.78, 5) is 31.8. The Hall–Kier alpha value is -2.08. The van der Waals surface area contributed by atoms with Gasteiger partial charge in [0.05, 0.1) is 5.56 Å². The Balaban J connectivity index is 3.26. The smallest absolute Gasteiger partial charge is 0.409 e. The van der Waals surface area contributed by atoms with Gasteiger partial charge >= 0.3 is 17.4 Å². The van der Waals surface area contributed by atoms with Crippen molar-refractivity contribution in [1.82, 2.24) is 0 Å². The molecule has 0 unspecified atom stereocenters. The average molecular weight is 245 g/mol. The van der Waals surface area contributed by atoms with E-state index in [4.69, 9.17) is 21.8 Å². The van der Waals surface area contributed by atoms with Crippen molar-refractivity contribution in [3.63, 3.8) is 0 Å². The van der Waals surface area contributed by atoms with Gasteiger partial charge in [0.1, 0.15) is 11.3 Å². The number of halogens is 1. The highest BCUT2D eigenvalue weighted by molar-refractivity contribution is 6.61. The second-order valence-corrected chi connectivity index (χ2v) is 2.97. The number of carbonyl (C=O) groups excluding carboxylic acids is 1. The van der Waals surface area contributed by atoms with Gasteiger partial charge < -0.3 is 14.9 Å². The number of hydrogen-bond donors (Lipinski definition) is 2. The van der Waals surface area contributed by atoms with Crippen LogP contribution in [0.15, 0.2) is 18.2 Å². The molecule has 0 atom stereocenters. The third-order valence-electron chi connectivity index (χ3n) is 1.65. The van der Waals surface area contributed by atoms with Gasteiger partial charge in [0.25, 0.3) is 0 Å². The molecule has 0 saturated carbocycles. The summed E-state index contributed by atoms with van der Waals surface area (Å²) in [5.41, 5.74) is -1.80. The van der Waals surface area contributed by atoms with Gasteiger partial charge in [0.2, 0.25) is 0 Å². The van der Waals surface area contributed by atoms with E-state index in [-0.39, 0.29) is 11.1 Å². The van der Waals surface area contributed by atoms with E-state index in [2.05, 4.69) is 4.74 Å². The zero-order valence-electron chi connectivity index (χ0n) is 7.64. The Bertz CT molecular complexity index is 467. The minimum Gasteiger partial charge on any atom is -0.478 e. The van der Waals surface area contributed by atoms with Gasteiger partial charge in [0.15, 0.2) is 0 Å². The molecule has 84 valence electrons. The van der Waals surface area contributed by atoms with Crippen LogP contribution in [0.4, 0.5) is 4.79 Å². The molecule has 0 aliphatic rings.